The highest BCUT2D eigenvalue weighted by Crippen LogP contribution is 2.53. The molecule has 0 aliphatic carbocycles. The fourth-order valence-corrected chi connectivity index (χ4v) is 4.32. The van der Waals surface area contributed by atoms with Gasteiger partial charge in [0.2, 0.25) is 5.91 Å². The molecule has 1 spiro atoms. The van der Waals surface area contributed by atoms with Crippen LogP contribution in [0.15, 0.2) is 36.4 Å². The third kappa shape index (κ3) is 2.20. The van der Waals surface area contributed by atoms with E-state index in [1.165, 1.54) is 7.11 Å². The van der Waals surface area contributed by atoms with Crippen LogP contribution < -0.4 is 4.74 Å². The molecule has 4 rings (SSSR count). The van der Waals surface area contributed by atoms with Gasteiger partial charge < -0.3 is 19.1 Å². The van der Waals surface area contributed by atoms with E-state index in [-0.39, 0.29) is 24.0 Å². The minimum Gasteiger partial charge on any atom is -0.497 e. The van der Waals surface area contributed by atoms with Crippen molar-refractivity contribution in [2.75, 3.05) is 20.8 Å². The molecule has 1 aromatic rings. The van der Waals surface area contributed by atoms with Crippen LogP contribution in [0.5, 0.6) is 5.75 Å². The maximum atomic E-state index is 13.1. The molecule has 2 saturated heterocycles. The summed E-state index contributed by atoms with van der Waals surface area (Å²) in [5, 5.41) is 0. The number of carbonyl (C=O) groups excluding carboxylic acids is 2. The maximum absolute atomic E-state index is 13.1. The summed E-state index contributed by atoms with van der Waals surface area (Å²) < 4.78 is 16.1. The number of esters is 1. The first-order chi connectivity index (χ1) is 12.0. The van der Waals surface area contributed by atoms with Crippen molar-refractivity contribution in [1.29, 1.82) is 0 Å². The van der Waals surface area contributed by atoms with Gasteiger partial charge in [0, 0.05) is 0 Å². The van der Waals surface area contributed by atoms with Gasteiger partial charge in [-0.25, -0.2) is 0 Å². The van der Waals surface area contributed by atoms with Crippen LogP contribution in [-0.2, 0) is 19.1 Å². The fraction of sp³-hybridized carbons (Fsp3) is 0.474. The van der Waals surface area contributed by atoms with Crippen LogP contribution in [0.4, 0.5) is 0 Å². The van der Waals surface area contributed by atoms with Crippen LogP contribution in [0.25, 0.3) is 0 Å². The van der Waals surface area contributed by atoms with E-state index in [9.17, 15) is 9.59 Å². The Morgan fingerprint density at radius 3 is 2.68 bits per heavy atom. The minimum absolute atomic E-state index is 0.0504. The average Bonchev–Trinajstić information content (AvgIpc) is 3.29. The molecule has 3 aliphatic heterocycles. The lowest BCUT2D eigenvalue weighted by Crippen LogP contribution is -2.39. The quantitative estimate of drug-likeness (QED) is 0.615. The number of rotatable bonds is 4. The maximum Gasteiger partial charge on any atom is 0.312 e. The molecule has 0 unspecified atom stereocenters. The third-order valence-electron chi connectivity index (χ3n) is 5.67. The predicted molar refractivity (Wildman–Crippen MR) is 88.9 cm³/mol. The summed E-state index contributed by atoms with van der Waals surface area (Å²) in [6.07, 6.45) is 3.47. The zero-order valence-corrected chi connectivity index (χ0v) is 14.5. The summed E-state index contributed by atoms with van der Waals surface area (Å²) in [7, 11) is 2.97. The van der Waals surface area contributed by atoms with Crippen LogP contribution in [0.3, 0.4) is 0 Å². The van der Waals surface area contributed by atoms with Gasteiger partial charge in [-0.15, -0.1) is 0 Å². The summed E-state index contributed by atoms with van der Waals surface area (Å²) >= 11 is 0. The first-order valence-electron chi connectivity index (χ1n) is 8.40. The van der Waals surface area contributed by atoms with Crippen LogP contribution in [-0.4, -0.2) is 49.2 Å². The van der Waals surface area contributed by atoms with E-state index in [1.807, 2.05) is 43.3 Å². The van der Waals surface area contributed by atoms with Crippen molar-refractivity contribution in [1.82, 2.24) is 4.90 Å². The molecule has 0 N–H and O–H groups in total. The standard InChI is InChI=1S/C19H21NO5/c1-11(12-4-6-13(23-2)7-5-12)20-10-19-9-8-14(25-19)15(18(22)24-3)16(19)17(20)21/h4-9,11,14-16H,10H2,1-3H3/t11-,14-,15+,16-,19+/m0/s1. The lowest BCUT2D eigenvalue weighted by molar-refractivity contribution is -0.151. The predicted octanol–water partition coefficient (Wildman–Crippen LogP) is 1.71. The van der Waals surface area contributed by atoms with Gasteiger partial charge in [0.1, 0.15) is 17.3 Å². The molecule has 2 bridgehead atoms. The van der Waals surface area contributed by atoms with Crippen molar-refractivity contribution in [3.05, 3.63) is 42.0 Å². The number of nitrogens with zero attached hydrogens (tertiary/aromatic N) is 1. The molecule has 0 aromatic heterocycles. The molecule has 3 heterocycles. The van der Waals surface area contributed by atoms with Gasteiger partial charge in [-0.3, -0.25) is 9.59 Å². The van der Waals surface area contributed by atoms with Crippen LogP contribution in [0.2, 0.25) is 0 Å². The smallest absolute Gasteiger partial charge is 0.312 e. The summed E-state index contributed by atoms with van der Waals surface area (Å²) in [5.41, 5.74) is 0.306. The number of carbonyl (C=O) groups is 2. The topological polar surface area (TPSA) is 65.1 Å². The molecule has 132 valence electrons. The summed E-state index contributed by atoms with van der Waals surface area (Å²) in [6, 6.07) is 7.55. The Hall–Kier alpha value is -2.34. The second-order valence-corrected chi connectivity index (χ2v) is 6.84. The SMILES string of the molecule is COC(=O)[C@@H]1[C@@H]2C=C[C@]3(CN([C@@H](C)c4ccc(OC)cc4)C(=O)[C@H]13)O2. The lowest BCUT2D eigenvalue weighted by atomic mass is 9.77. The zero-order chi connectivity index (χ0) is 17.8. The number of hydrogen-bond donors (Lipinski definition) is 0. The molecule has 6 nitrogen and oxygen atoms in total. The largest absolute Gasteiger partial charge is 0.497 e. The molecule has 5 atom stereocenters. The highest BCUT2D eigenvalue weighted by molar-refractivity contribution is 5.91. The van der Waals surface area contributed by atoms with Gasteiger partial charge in [-0.2, -0.15) is 0 Å². The van der Waals surface area contributed by atoms with E-state index in [0.717, 1.165) is 11.3 Å². The highest BCUT2D eigenvalue weighted by Gasteiger charge is 2.67. The van der Waals surface area contributed by atoms with Gasteiger partial charge in [0.05, 0.1) is 38.8 Å². The zero-order valence-electron chi connectivity index (χ0n) is 14.5. The fourth-order valence-electron chi connectivity index (χ4n) is 4.32. The van der Waals surface area contributed by atoms with Gasteiger partial charge in [0.15, 0.2) is 0 Å². The number of amides is 1. The lowest BCUT2D eigenvalue weighted by Gasteiger charge is -2.27. The normalized spacial score (nSPS) is 33.5. The van der Waals surface area contributed by atoms with Crippen molar-refractivity contribution in [3.8, 4) is 5.75 Å². The molecule has 2 fully saturated rings. The number of benzene rings is 1. The Kier molecular flexibility index (Phi) is 3.61. The molecule has 3 aliphatic rings. The Morgan fingerprint density at radius 1 is 1.32 bits per heavy atom. The summed E-state index contributed by atoms with van der Waals surface area (Å²) in [5.74, 6) is -0.722. The molecule has 0 radical (unpaired) electrons. The van der Waals surface area contributed by atoms with Crippen molar-refractivity contribution < 1.29 is 23.8 Å². The third-order valence-corrected chi connectivity index (χ3v) is 5.67. The van der Waals surface area contributed by atoms with E-state index >= 15 is 0 Å². The summed E-state index contributed by atoms with van der Waals surface area (Å²) in [6.45, 7) is 2.44. The highest BCUT2D eigenvalue weighted by atomic mass is 16.5. The summed E-state index contributed by atoms with van der Waals surface area (Å²) in [4.78, 5) is 27.1. The number of likely N-dealkylation sites (tertiary alicyclic amines) is 1. The van der Waals surface area contributed by atoms with Crippen molar-refractivity contribution in [2.45, 2.75) is 24.7 Å². The molecular formula is C19H21NO5. The average molecular weight is 343 g/mol. The Bertz CT molecular complexity index is 743. The number of hydrogen-bond acceptors (Lipinski definition) is 5. The van der Waals surface area contributed by atoms with E-state index in [4.69, 9.17) is 14.2 Å². The molecule has 1 amide bonds. The first kappa shape index (κ1) is 16.1. The second-order valence-electron chi connectivity index (χ2n) is 6.84. The van der Waals surface area contributed by atoms with Crippen LogP contribution >= 0.6 is 0 Å². The second kappa shape index (κ2) is 5.59. The Balaban J connectivity index is 1.62. The van der Waals surface area contributed by atoms with Gasteiger partial charge in [0.25, 0.3) is 0 Å². The van der Waals surface area contributed by atoms with E-state index in [0.29, 0.717) is 6.54 Å². The first-order valence-corrected chi connectivity index (χ1v) is 8.40. The Labute approximate surface area is 146 Å². The molecular weight excluding hydrogens is 322 g/mol. The molecule has 1 aromatic carbocycles. The molecule has 0 saturated carbocycles. The van der Waals surface area contributed by atoms with Gasteiger partial charge in [-0.1, -0.05) is 24.3 Å². The van der Waals surface area contributed by atoms with E-state index < -0.39 is 17.4 Å². The molecule has 6 heteroatoms. The van der Waals surface area contributed by atoms with Crippen molar-refractivity contribution in [3.63, 3.8) is 0 Å². The van der Waals surface area contributed by atoms with E-state index in [2.05, 4.69) is 0 Å². The number of fused-ring (bicyclic) bond motifs is 1. The van der Waals surface area contributed by atoms with Crippen molar-refractivity contribution >= 4 is 11.9 Å². The number of ether oxygens (including phenoxy) is 3. The van der Waals surface area contributed by atoms with Crippen LogP contribution in [0.1, 0.15) is 18.5 Å². The van der Waals surface area contributed by atoms with Crippen LogP contribution in [0, 0.1) is 11.8 Å². The molecule has 25 heavy (non-hydrogen) atoms. The Morgan fingerprint density at radius 2 is 2.04 bits per heavy atom. The van der Waals surface area contributed by atoms with Crippen molar-refractivity contribution in [2.24, 2.45) is 11.8 Å². The monoisotopic (exact) mass is 343 g/mol. The van der Waals surface area contributed by atoms with Gasteiger partial charge >= 0.3 is 5.97 Å². The van der Waals surface area contributed by atoms with Gasteiger partial charge in [-0.05, 0) is 24.6 Å². The minimum atomic E-state index is -0.707. The van der Waals surface area contributed by atoms with E-state index in [1.54, 1.807) is 12.0 Å². The number of methoxy groups -OCH3 is 2.